The zero-order chi connectivity index (χ0) is 14.3. The van der Waals surface area contributed by atoms with Crippen molar-refractivity contribution in [2.45, 2.75) is 64.4 Å². The van der Waals surface area contributed by atoms with Crippen LogP contribution in [-0.2, 0) is 9.53 Å². The molecule has 0 aromatic carbocycles. The summed E-state index contributed by atoms with van der Waals surface area (Å²) >= 11 is 0. The van der Waals surface area contributed by atoms with Gasteiger partial charge >= 0.3 is 5.97 Å². The Morgan fingerprint density at radius 1 is 1.11 bits per heavy atom. The van der Waals surface area contributed by atoms with Gasteiger partial charge in [0.1, 0.15) is 0 Å². The fourth-order valence-corrected chi connectivity index (χ4v) is 1.69. The van der Waals surface area contributed by atoms with Crippen molar-refractivity contribution in [1.82, 2.24) is 0 Å². The molecule has 0 fully saturated rings. The number of ether oxygens (including phenoxy) is 1. The van der Waals surface area contributed by atoms with Crippen molar-refractivity contribution in [2.75, 3.05) is 13.2 Å². The molecule has 4 nitrogen and oxygen atoms in total. The lowest BCUT2D eigenvalue weighted by molar-refractivity contribution is -0.146. The summed E-state index contributed by atoms with van der Waals surface area (Å²) in [6, 6.07) is 0. The highest BCUT2D eigenvalue weighted by Crippen LogP contribution is 2.06. The first-order valence-electron chi connectivity index (χ1n) is 7.32. The van der Waals surface area contributed by atoms with Gasteiger partial charge in [-0.1, -0.05) is 38.3 Å². The van der Waals surface area contributed by atoms with Crippen LogP contribution in [0.4, 0.5) is 0 Å². The Kier molecular flexibility index (Phi) is 12.9. The molecular formula is C15H28O4. The molecule has 4 heteroatoms. The number of hydrogen-bond acceptors (Lipinski definition) is 3. The van der Waals surface area contributed by atoms with Crippen molar-refractivity contribution in [3.05, 3.63) is 12.2 Å². The number of hydrogen-bond donors (Lipinski definition) is 2. The zero-order valence-electron chi connectivity index (χ0n) is 12.0. The molecule has 2 N–H and O–H groups in total. The summed E-state index contributed by atoms with van der Waals surface area (Å²) in [4.78, 5) is 10.3. The minimum atomic E-state index is -1.26. The molecule has 0 radical (unpaired) electrons. The highest BCUT2D eigenvalue weighted by atomic mass is 16.5. The van der Waals surface area contributed by atoms with Gasteiger partial charge in [0.2, 0.25) is 0 Å². The molecule has 0 aliphatic carbocycles. The molecule has 0 bridgehead atoms. The van der Waals surface area contributed by atoms with Crippen LogP contribution in [0.25, 0.3) is 0 Å². The van der Waals surface area contributed by atoms with E-state index in [-0.39, 0.29) is 6.42 Å². The number of carboxylic acids is 1. The van der Waals surface area contributed by atoms with Gasteiger partial charge in [0.05, 0.1) is 0 Å². The van der Waals surface area contributed by atoms with Gasteiger partial charge in [-0.25, -0.2) is 4.79 Å². The second-order valence-electron chi connectivity index (χ2n) is 4.73. The van der Waals surface area contributed by atoms with E-state index in [0.29, 0.717) is 0 Å². The SMILES string of the molecule is CCCOCCCCCCCC=CCC(O)C(=O)O. The van der Waals surface area contributed by atoms with Gasteiger partial charge in [0, 0.05) is 19.6 Å². The summed E-state index contributed by atoms with van der Waals surface area (Å²) in [5.41, 5.74) is 0. The van der Waals surface area contributed by atoms with Crippen molar-refractivity contribution in [3.8, 4) is 0 Å². The molecule has 112 valence electrons. The minimum absolute atomic E-state index is 0.199. The Morgan fingerprint density at radius 2 is 1.79 bits per heavy atom. The molecule has 0 rings (SSSR count). The summed E-state index contributed by atoms with van der Waals surface area (Å²) in [5.74, 6) is -1.16. The maximum absolute atomic E-state index is 10.3. The average Bonchev–Trinajstić information content (AvgIpc) is 2.39. The van der Waals surface area contributed by atoms with Crippen molar-refractivity contribution < 1.29 is 19.7 Å². The number of aliphatic hydroxyl groups is 1. The number of carboxylic acid groups (broad SMARTS) is 1. The lowest BCUT2D eigenvalue weighted by Crippen LogP contribution is -2.17. The summed E-state index contributed by atoms with van der Waals surface area (Å²) < 4.78 is 5.40. The summed E-state index contributed by atoms with van der Waals surface area (Å²) in [5, 5.41) is 17.5. The molecular weight excluding hydrogens is 244 g/mol. The third-order valence-corrected chi connectivity index (χ3v) is 2.82. The number of allylic oxidation sites excluding steroid dienone is 1. The highest BCUT2D eigenvalue weighted by Gasteiger charge is 2.09. The Labute approximate surface area is 116 Å². The molecule has 0 heterocycles. The second-order valence-corrected chi connectivity index (χ2v) is 4.73. The third kappa shape index (κ3) is 13.4. The van der Waals surface area contributed by atoms with E-state index < -0.39 is 12.1 Å². The molecule has 1 unspecified atom stereocenters. The molecule has 0 saturated heterocycles. The maximum atomic E-state index is 10.3. The normalized spacial score (nSPS) is 12.9. The monoisotopic (exact) mass is 272 g/mol. The first-order chi connectivity index (χ1) is 9.18. The molecule has 0 spiro atoms. The van der Waals surface area contributed by atoms with Gasteiger partial charge in [-0.3, -0.25) is 0 Å². The Hall–Kier alpha value is -0.870. The fraction of sp³-hybridized carbons (Fsp3) is 0.800. The molecule has 1 atom stereocenters. The van der Waals surface area contributed by atoms with Gasteiger partial charge in [-0.05, 0) is 25.7 Å². The van der Waals surface area contributed by atoms with Crippen LogP contribution in [0.3, 0.4) is 0 Å². The summed E-state index contributed by atoms with van der Waals surface area (Å²) in [6.45, 7) is 3.86. The molecule has 0 saturated carbocycles. The molecule has 0 aliphatic rings. The molecule has 0 aromatic heterocycles. The Bertz CT molecular complexity index is 238. The number of carbonyl (C=O) groups is 1. The van der Waals surface area contributed by atoms with E-state index in [1.807, 2.05) is 6.08 Å². The molecule has 19 heavy (non-hydrogen) atoms. The smallest absolute Gasteiger partial charge is 0.332 e. The lowest BCUT2D eigenvalue weighted by Gasteiger charge is -2.02. The Morgan fingerprint density at radius 3 is 2.47 bits per heavy atom. The van der Waals surface area contributed by atoms with Gasteiger partial charge in [-0.2, -0.15) is 0 Å². The van der Waals surface area contributed by atoms with Crippen LogP contribution in [0.5, 0.6) is 0 Å². The van der Waals surface area contributed by atoms with Crippen molar-refractivity contribution in [3.63, 3.8) is 0 Å². The lowest BCUT2D eigenvalue weighted by atomic mass is 10.1. The van der Waals surface area contributed by atoms with Gasteiger partial charge < -0.3 is 14.9 Å². The van der Waals surface area contributed by atoms with E-state index >= 15 is 0 Å². The average molecular weight is 272 g/mol. The number of rotatable bonds is 13. The largest absolute Gasteiger partial charge is 0.479 e. The van der Waals surface area contributed by atoms with E-state index in [1.54, 1.807) is 6.08 Å². The first kappa shape index (κ1) is 18.1. The van der Waals surface area contributed by atoms with Crippen LogP contribution < -0.4 is 0 Å². The first-order valence-corrected chi connectivity index (χ1v) is 7.32. The third-order valence-electron chi connectivity index (χ3n) is 2.82. The maximum Gasteiger partial charge on any atom is 0.332 e. The highest BCUT2D eigenvalue weighted by molar-refractivity contribution is 5.72. The van der Waals surface area contributed by atoms with Crippen LogP contribution in [0.1, 0.15) is 58.3 Å². The van der Waals surface area contributed by atoms with Crippen molar-refractivity contribution in [1.29, 1.82) is 0 Å². The minimum Gasteiger partial charge on any atom is -0.479 e. The van der Waals surface area contributed by atoms with Crippen LogP contribution in [-0.4, -0.2) is 35.5 Å². The van der Waals surface area contributed by atoms with Crippen LogP contribution in [0, 0.1) is 0 Å². The second kappa shape index (κ2) is 13.6. The predicted molar refractivity (Wildman–Crippen MR) is 76.2 cm³/mol. The Balaban J connectivity index is 3.18. The van der Waals surface area contributed by atoms with Crippen LogP contribution in [0.15, 0.2) is 12.2 Å². The van der Waals surface area contributed by atoms with Crippen LogP contribution >= 0.6 is 0 Å². The molecule has 0 amide bonds. The van der Waals surface area contributed by atoms with Crippen molar-refractivity contribution >= 4 is 5.97 Å². The predicted octanol–water partition coefficient (Wildman–Crippen LogP) is 3.15. The summed E-state index contributed by atoms with van der Waals surface area (Å²) in [7, 11) is 0. The van der Waals surface area contributed by atoms with E-state index in [2.05, 4.69) is 6.92 Å². The summed E-state index contributed by atoms with van der Waals surface area (Å²) in [6.07, 6.45) is 10.6. The standard InChI is InChI=1S/C15H28O4/c1-2-12-19-13-10-8-6-4-3-5-7-9-11-14(16)15(17)18/h7,9,14,16H,2-6,8,10-13H2,1H3,(H,17,18). The number of aliphatic carboxylic acids is 1. The number of aliphatic hydroxyl groups excluding tert-OH is 1. The van der Waals surface area contributed by atoms with Gasteiger partial charge in [0.25, 0.3) is 0 Å². The van der Waals surface area contributed by atoms with E-state index in [4.69, 9.17) is 14.9 Å². The zero-order valence-corrected chi connectivity index (χ0v) is 12.0. The molecule has 0 aliphatic heterocycles. The van der Waals surface area contributed by atoms with Crippen LogP contribution in [0.2, 0.25) is 0 Å². The van der Waals surface area contributed by atoms with E-state index in [0.717, 1.165) is 38.9 Å². The fourth-order valence-electron chi connectivity index (χ4n) is 1.69. The quantitative estimate of drug-likeness (QED) is 0.399. The topological polar surface area (TPSA) is 66.8 Å². The molecule has 0 aromatic rings. The van der Waals surface area contributed by atoms with Crippen molar-refractivity contribution in [2.24, 2.45) is 0 Å². The van der Waals surface area contributed by atoms with E-state index in [1.165, 1.54) is 19.3 Å². The van der Waals surface area contributed by atoms with Gasteiger partial charge in [-0.15, -0.1) is 0 Å². The number of unbranched alkanes of at least 4 members (excludes halogenated alkanes) is 5. The van der Waals surface area contributed by atoms with Gasteiger partial charge in [0.15, 0.2) is 6.10 Å². The van der Waals surface area contributed by atoms with E-state index in [9.17, 15) is 4.79 Å².